The summed E-state index contributed by atoms with van der Waals surface area (Å²) < 4.78 is 0. The van der Waals surface area contributed by atoms with E-state index in [-0.39, 0.29) is 18.0 Å². The van der Waals surface area contributed by atoms with E-state index in [1.807, 2.05) is 13.8 Å². The Labute approximate surface area is 120 Å². The minimum absolute atomic E-state index is 0.0235. The zero-order valence-electron chi connectivity index (χ0n) is 12.3. The molecule has 2 N–H and O–H groups in total. The molecule has 0 aromatic rings. The number of aliphatic carboxylic acids is 1. The van der Waals surface area contributed by atoms with E-state index in [0.29, 0.717) is 19.5 Å². The van der Waals surface area contributed by atoms with Crippen LogP contribution in [0, 0.1) is 11.3 Å². The highest BCUT2D eigenvalue weighted by atomic mass is 16.4. The van der Waals surface area contributed by atoms with Gasteiger partial charge in [-0.15, -0.1) is 0 Å². The Balaban J connectivity index is 1.96. The van der Waals surface area contributed by atoms with Gasteiger partial charge in [-0.2, -0.15) is 0 Å². The summed E-state index contributed by atoms with van der Waals surface area (Å²) in [6, 6.07) is 0.0699. The van der Waals surface area contributed by atoms with E-state index in [1.165, 1.54) is 0 Å². The fourth-order valence-electron chi connectivity index (χ4n) is 3.09. The second-order valence-corrected chi connectivity index (χ2v) is 6.22. The first-order valence-electron chi connectivity index (χ1n) is 7.39. The molecule has 0 aromatic heterocycles. The van der Waals surface area contributed by atoms with E-state index in [1.54, 1.807) is 4.90 Å². The van der Waals surface area contributed by atoms with Gasteiger partial charge in [0.15, 0.2) is 0 Å². The zero-order valence-corrected chi connectivity index (χ0v) is 12.3. The Hall–Kier alpha value is -1.52. The van der Waals surface area contributed by atoms with Gasteiger partial charge in [0.25, 0.3) is 0 Å². The van der Waals surface area contributed by atoms with Crippen molar-refractivity contribution in [1.29, 1.82) is 0 Å². The lowest BCUT2D eigenvalue weighted by Gasteiger charge is -2.29. The normalized spacial score (nSPS) is 29.8. The molecule has 1 fully saturated rings. The molecule has 2 rings (SSSR count). The van der Waals surface area contributed by atoms with Gasteiger partial charge >= 0.3 is 12.0 Å². The molecule has 2 amide bonds. The van der Waals surface area contributed by atoms with Gasteiger partial charge in [-0.3, -0.25) is 4.79 Å². The van der Waals surface area contributed by atoms with E-state index < -0.39 is 11.4 Å². The smallest absolute Gasteiger partial charge is 0.317 e. The van der Waals surface area contributed by atoms with E-state index in [2.05, 4.69) is 17.5 Å². The van der Waals surface area contributed by atoms with Gasteiger partial charge in [0.2, 0.25) is 0 Å². The van der Waals surface area contributed by atoms with Crippen molar-refractivity contribution in [3.8, 4) is 0 Å². The topological polar surface area (TPSA) is 69.6 Å². The van der Waals surface area contributed by atoms with Crippen molar-refractivity contribution >= 4 is 12.0 Å². The number of hydrogen-bond donors (Lipinski definition) is 2. The zero-order chi connectivity index (χ0) is 14.8. The summed E-state index contributed by atoms with van der Waals surface area (Å²) in [5.41, 5.74) is -0.788. The molecule has 5 nitrogen and oxygen atoms in total. The third kappa shape index (κ3) is 2.81. The predicted molar refractivity (Wildman–Crippen MR) is 76.4 cm³/mol. The number of carboxylic acid groups (broad SMARTS) is 1. The van der Waals surface area contributed by atoms with Gasteiger partial charge < -0.3 is 15.3 Å². The van der Waals surface area contributed by atoms with Crippen LogP contribution in [-0.4, -0.2) is 41.1 Å². The number of urea groups is 1. The summed E-state index contributed by atoms with van der Waals surface area (Å²) >= 11 is 0. The number of carboxylic acids is 1. The Morgan fingerprint density at radius 3 is 2.65 bits per heavy atom. The molecule has 5 heteroatoms. The number of hydrogen-bond acceptors (Lipinski definition) is 2. The second kappa shape index (κ2) is 5.85. The van der Waals surface area contributed by atoms with Gasteiger partial charge in [0.1, 0.15) is 0 Å². The van der Waals surface area contributed by atoms with Crippen LogP contribution in [0.25, 0.3) is 0 Å². The molecule has 2 atom stereocenters. The molecule has 0 saturated carbocycles. The maximum atomic E-state index is 12.2. The van der Waals surface area contributed by atoms with E-state index in [9.17, 15) is 14.7 Å². The van der Waals surface area contributed by atoms with E-state index >= 15 is 0 Å². The van der Waals surface area contributed by atoms with Crippen LogP contribution in [0.2, 0.25) is 0 Å². The Kier molecular flexibility index (Phi) is 4.35. The summed E-state index contributed by atoms with van der Waals surface area (Å²) in [7, 11) is 0. The van der Waals surface area contributed by atoms with Crippen LogP contribution >= 0.6 is 0 Å². The number of amides is 2. The summed E-state index contributed by atoms with van der Waals surface area (Å²) in [6.45, 7) is 4.68. The second-order valence-electron chi connectivity index (χ2n) is 6.22. The molecule has 2 unspecified atom stereocenters. The maximum Gasteiger partial charge on any atom is 0.317 e. The van der Waals surface area contributed by atoms with E-state index in [4.69, 9.17) is 0 Å². The lowest BCUT2D eigenvalue weighted by molar-refractivity contribution is -0.150. The van der Waals surface area contributed by atoms with Crippen LogP contribution in [0.4, 0.5) is 4.79 Å². The SMILES string of the molecule is CC(C)C1(C(=O)O)CCN(C(=O)NC2CC=CCC2)C1. The molecule has 2 aliphatic rings. The average Bonchev–Trinajstić information content (AvgIpc) is 2.86. The number of likely N-dealkylation sites (tertiary alicyclic amines) is 1. The third-order valence-corrected chi connectivity index (χ3v) is 4.72. The molecule has 1 aliphatic heterocycles. The van der Waals surface area contributed by atoms with Crippen molar-refractivity contribution < 1.29 is 14.7 Å². The first-order chi connectivity index (χ1) is 9.45. The Morgan fingerprint density at radius 2 is 2.15 bits per heavy atom. The number of rotatable bonds is 3. The number of nitrogens with one attached hydrogen (secondary N) is 1. The highest BCUT2D eigenvalue weighted by molar-refractivity contribution is 5.80. The summed E-state index contributed by atoms with van der Waals surface area (Å²) in [6.07, 6.45) is 7.59. The molecule has 0 radical (unpaired) electrons. The fraction of sp³-hybridized carbons (Fsp3) is 0.733. The van der Waals surface area contributed by atoms with Gasteiger partial charge in [-0.1, -0.05) is 26.0 Å². The van der Waals surface area contributed by atoms with Crippen LogP contribution in [-0.2, 0) is 4.79 Å². The molecular weight excluding hydrogens is 256 g/mol. The molecule has 0 bridgehead atoms. The van der Waals surface area contributed by atoms with Crippen molar-refractivity contribution in [2.45, 2.75) is 45.6 Å². The molecule has 0 aromatic carbocycles. The van der Waals surface area contributed by atoms with Gasteiger partial charge in [0.05, 0.1) is 5.41 Å². The Morgan fingerprint density at radius 1 is 1.40 bits per heavy atom. The summed E-state index contributed by atoms with van der Waals surface area (Å²) in [5.74, 6) is -0.765. The quantitative estimate of drug-likeness (QED) is 0.779. The van der Waals surface area contributed by atoms with Crippen molar-refractivity contribution in [2.24, 2.45) is 11.3 Å². The lowest BCUT2D eigenvalue weighted by Crippen LogP contribution is -2.46. The maximum absolute atomic E-state index is 12.2. The van der Waals surface area contributed by atoms with E-state index in [0.717, 1.165) is 19.3 Å². The van der Waals surface area contributed by atoms with Crippen molar-refractivity contribution in [2.75, 3.05) is 13.1 Å². The number of carbonyl (C=O) groups is 2. The molecule has 1 aliphatic carbocycles. The van der Waals surface area contributed by atoms with Crippen LogP contribution in [0.5, 0.6) is 0 Å². The Bertz CT molecular complexity index is 419. The fourth-order valence-corrected chi connectivity index (χ4v) is 3.09. The highest BCUT2D eigenvalue weighted by Gasteiger charge is 2.48. The molecular formula is C15H24N2O3. The summed E-state index contributed by atoms with van der Waals surface area (Å²) in [4.78, 5) is 25.5. The first kappa shape index (κ1) is 14.9. The predicted octanol–water partition coefficient (Wildman–Crippen LogP) is 2.24. The lowest BCUT2D eigenvalue weighted by atomic mass is 9.76. The van der Waals surface area contributed by atoms with Gasteiger partial charge in [-0.25, -0.2) is 4.79 Å². The van der Waals surface area contributed by atoms with Crippen LogP contribution < -0.4 is 5.32 Å². The largest absolute Gasteiger partial charge is 0.481 e. The van der Waals surface area contributed by atoms with Crippen molar-refractivity contribution in [1.82, 2.24) is 10.2 Å². The number of allylic oxidation sites excluding steroid dienone is 1. The molecule has 112 valence electrons. The van der Waals surface area contributed by atoms with Gasteiger partial charge in [0, 0.05) is 19.1 Å². The molecule has 1 saturated heterocycles. The summed E-state index contributed by atoms with van der Waals surface area (Å²) in [5, 5.41) is 12.5. The average molecular weight is 280 g/mol. The van der Waals surface area contributed by atoms with Crippen LogP contribution in [0.1, 0.15) is 39.5 Å². The first-order valence-corrected chi connectivity index (χ1v) is 7.39. The molecule has 20 heavy (non-hydrogen) atoms. The number of nitrogens with zero attached hydrogens (tertiary/aromatic N) is 1. The minimum Gasteiger partial charge on any atom is -0.481 e. The minimum atomic E-state index is -0.789. The number of carbonyl (C=O) groups excluding carboxylic acids is 1. The standard InChI is InChI=1S/C15H24N2O3/c1-11(2)15(13(18)19)8-9-17(10-15)14(20)16-12-6-4-3-5-7-12/h3-4,11-12H,5-10H2,1-2H3,(H,16,20)(H,18,19). The molecule has 0 spiro atoms. The van der Waals surface area contributed by atoms with Gasteiger partial charge in [-0.05, 0) is 31.6 Å². The van der Waals surface area contributed by atoms with Crippen LogP contribution in [0.15, 0.2) is 12.2 Å². The van der Waals surface area contributed by atoms with Crippen molar-refractivity contribution in [3.05, 3.63) is 12.2 Å². The molecule has 1 heterocycles. The third-order valence-electron chi connectivity index (χ3n) is 4.72. The monoisotopic (exact) mass is 280 g/mol. The van der Waals surface area contributed by atoms with Crippen molar-refractivity contribution in [3.63, 3.8) is 0 Å². The van der Waals surface area contributed by atoms with Crippen LogP contribution in [0.3, 0.4) is 0 Å². The highest BCUT2D eigenvalue weighted by Crippen LogP contribution is 2.38.